The molecule has 1 amide bonds. The smallest absolute Gasteiger partial charge is 0.251 e. The first-order chi connectivity index (χ1) is 8.66. The van der Waals surface area contributed by atoms with Crippen molar-refractivity contribution in [2.24, 2.45) is 0 Å². The molecule has 92 valence electrons. The van der Waals surface area contributed by atoms with Crippen LogP contribution in [-0.4, -0.2) is 16.1 Å². The fraction of sp³-hybridized carbons (Fsp3) is 0.0833. The molecule has 0 aliphatic heterocycles. The van der Waals surface area contributed by atoms with Gasteiger partial charge in [-0.05, 0) is 30.3 Å². The first-order valence-corrected chi connectivity index (χ1v) is 5.65. The first kappa shape index (κ1) is 12.5. The van der Waals surface area contributed by atoms with E-state index in [9.17, 15) is 9.18 Å². The van der Waals surface area contributed by atoms with Gasteiger partial charge in [0.2, 0.25) is 0 Å². The monoisotopic (exact) mass is 263 g/mol. The Labute approximate surface area is 109 Å². The van der Waals surface area contributed by atoms with Crippen LogP contribution in [0.3, 0.4) is 0 Å². The Balaban J connectivity index is 2.02. The average molecular weight is 263 g/mol. The maximum Gasteiger partial charge on any atom is 0.251 e. The van der Waals surface area contributed by atoms with Gasteiger partial charge in [0.15, 0.2) is 0 Å². The van der Waals surface area contributed by atoms with Gasteiger partial charge in [0.05, 0.1) is 12.2 Å². The number of carbonyl (C=O) groups is 1. The molecule has 2 aromatic rings. The number of nitrogens with zero attached hydrogens (tertiary/aromatic N) is 2. The number of hydrogen-bond acceptors (Lipinski definition) is 4. The Morgan fingerprint density at radius 2 is 2.22 bits per heavy atom. The Morgan fingerprint density at radius 1 is 1.39 bits per heavy atom. The van der Waals surface area contributed by atoms with Crippen LogP contribution in [-0.2, 0) is 6.54 Å². The number of benzene rings is 1. The van der Waals surface area contributed by atoms with E-state index < -0.39 is 5.82 Å². The molecule has 0 fully saturated rings. The van der Waals surface area contributed by atoms with Gasteiger partial charge in [0, 0.05) is 16.7 Å². The highest BCUT2D eigenvalue weighted by molar-refractivity contribution is 7.80. The van der Waals surface area contributed by atoms with Crippen molar-refractivity contribution in [1.82, 2.24) is 15.5 Å². The van der Waals surface area contributed by atoms with E-state index >= 15 is 0 Å². The predicted molar refractivity (Wildman–Crippen MR) is 66.9 cm³/mol. The highest BCUT2D eigenvalue weighted by Gasteiger charge is 2.08. The molecular formula is C12H10FN3OS. The van der Waals surface area contributed by atoms with Gasteiger partial charge in [-0.2, -0.15) is 10.2 Å². The van der Waals surface area contributed by atoms with Crippen LogP contribution >= 0.6 is 12.6 Å². The number of thiol groups is 1. The number of aromatic nitrogens is 2. The summed E-state index contributed by atoms with van der Waals surface area (Å²) in [7, 11) is 0. The van der Waals surface area contributed by atoms with Crippen molar-refractivity contribution in [3.05, 3.63) is 53.6 Å². The normalized spacial score (nSPS) is 10.1. The number of rotatable bonds is 3. The Bertz CT molecular complexity index is 563. The van der Waals surface area contributed by atoms with Crippen LogP contribution in [0.1, 0.15) is 16.1 Å². The standard InChI is InChI=1S/C12H10FN3OS/c13-10-4-3-8(6-11(10)18)12(17)14-7-9-2-1-5-15-16-9/h1-6,18H,7H2,(H,14,17). The molecule has 0 aliphatic rings. The van der Waals surface area contributed by atoms with Gasteiger partial charge in [0.1, 0.15) is 5.82 Å². The van der Waals surface area contributed by atoms with E-state index in [1.165, 1.54) is 18.2 Å². The molecule has 4 nitrogen and oxygen atoms in total. The summed E-state index contributed by atoms with van der Waals surface area (Å²) in [4.78, 5) is 11.9. The van der Waals surface area contributed by atoms with Crippen molar-refractivity contribution >= 4 is 18.5 Å². The van der Waals surface area contributed by atoms with Crippen molar-refractivity contribution in [3.63, 3.8) is 0 Å². The summed E-state index contributed by atoms with van der Waals surface area (Å²) in [5.74, 6) is -0.764. The van der Waals surface area contributed by atoms with E-state index in [1.807, 2.05) is 0 Å². The van der Waals surface area contributed by atoms with Crippen LogP contribution in [0.5, 0.6) is 0 Å². The molecule has 1 N–H and O–H groups in total. The number of halogens is 1. The molecule has 18 heavy (non-hydrogen) atoms. The van der Waals surface area contributed by atoms with Crippen LogP contribution in [0.15, 0.2) is 41.4 Å². The summed E-state index contributed by atoms with van der Waals surface area (Å²) in [5.41, 5.74) is 1.00. The van der Waals surface area contributed by atoms with Crippen LogP contribution in [0.2, 0.25) is 0 Å². The molecule has 0 saturated heterocycles. The molecule has 1 heterocycles. The zero-order chi connectivity index (χ0) is 13.0. The summed E-state index contributed by atoms with van der Waals surface area (Å²) in [6.45, 7) is 0.270. The van der Waals surface area contributed by atoms with Crippen molar-refractivity contribution in [3.8, 4) is 0 Å². The third-order valence-corrected chi connectivity index (χ3v) is 2.61. The lowest BCUT2D eigenvalue weighted by Crippen LogP contribution is -2.23. The fourth-order valence-electron chi connectivity index (χ4n) is 1.35. The van der Waals surface area contributed by atoms with Gasteiger partial charge in [0.25, 0.3) is 5.91 Å². The molecular weight excluding hydrogens is 253 g/mol. The highest BCUT2D eigenvalue weighted by Crippen LogP contribution is 2.14. The van der Waals surface area contributed by atoms with E-state index in [0.29, 0.717) is 11.3 Å². The molecule has 0 bridgehead atoms. The van der Waals surface area contributed by atoms with Gasteiger partial charge in [-0.25, -0.2) is 4.39 Å². The van der Waals surface area contributed by atoms with Crippen molar-refractivity contribution in [2.45, 2.75) is 11.4 Å². The largest absolute Gasteiger partial charge is 0.346 e. The molecule has 6 heteroatoms. The lowest BCUT2D eigenvalue weighted by Gasteiger charge is -2.05. The van der Waals surface area contributed by atoms with Crippen molar-refractivity contribution in [2.75, 3.05) is 0 Å². The topological polar surface area (TPSA) is 54.9 Å². The molecule has 1 aromatic heterocycles. The molecule has 0 saturated carbocycles. The summed E-state index contributed by atoms with van der Waals surface area (Å²) in [5, 5.41) is 10.2. The zero-order valence-electron chi connectivity index (χ0n) is 9.30. The van der Waals surface area contributed by atoms with Gasteiger partial charge < -0.3 is 5.32 Å². The van der Waals surface area contributed by atoms with E-state index in [-0.39, 0.29) is 17.3 Å². The SMILES string of the molecule is O=C(NCc1cccnn1)c1ccc(F)c(S)c1. The Hall–Kier alpha value is -1.95. The predicted octanol–water partition coefficient (Wildman–Crippen LogP) is 1.83. The Morgan fingerprint density at radius 3 is 2.89 bits per heavy atom. The summed E-state index contributed by atoms with van der Waals surface area (Å²) in [6.07, 6.45) is 1.55. The number of nitrogens with one attached hydrogen (secondary N) is 1. The number of hydrogen-bond donors (Lipinski definition) is 2. The third-order valence-electron chi connectivity index (χ3n) is 2.27. The Kier molecular flexibility index (Phi) is 3.88. The van der Waals surface area contributed by atoms with Gasteiger partial charge in [-0.15, -0.1) is 12.6 Å². The molecule has 1 aromatic carbocycles. The van der Waals surface area contributed by atoms with Crippen molar-refractivity contribution in [1.29, 1.82) is 0 Å². The van der Waals surface area contributed by atoms with Gasteiger partial charge in [-0.3, -0.25) is 4.79 Å². The number of amides is 1. The average Bonchev–Trinajstić information content (AvgIpc) is 2.40. The molecule has 0 radical (unpaired) electrons. The second-order valence-electron chi connectivity index (χ2n) is 3.56. The lowest BCUT2D eigenvalue weighted by molar-refractivity contribution is 0.0950. The fourth-order valence-corrected chi connectivity index (χ4v) is 1.57. The van der Waals surface area contributed by atoms with Gasteiger partial charge in [-0.1, -0.05) is 0 Å². The minimum absolute atomic E-state index is 0.141. The van der Waals surface area contributed by atoms with E-state index in [4.69, 9.17) is 0 Å². The minimum atomic E-state index is -0.455. The molecule has 2 rings (SSSR count). The summed E-state index contributed by atoms with van der Waals surface area (Å²) >= 11 is 3.92. The van der Waals surface area contributed by atoms with Gasteiger partial charge >= 0.3 is 0 Å². The second kappa shape index (κ2) is 5.59. The molecule has 0 spiro atoms. The third kappa shape index (κ3) is 3.04. The van der Waals surface area contributed by atoms with Crippen LogP contribution in [0, 0.1) is 5.82 Å². The van der Waals surface area contributed by atoms with Crippen molar-refractivity contribution < 1.29 is 9.18 Å². The molecule has 0 atom stereocenters. The quantitative estimate of drug-likeness (QED) is 0.831. The lowest BCUT2D eigenvalue weighted by atomic mass is 10.2. The highest BCUT2D eigenvalue weighted by atomic mass is 32.1. The number of carbonyl (C=O) groups excluding carboxylic acids is 1. The molecule has 0 aliphatic carbocycles. The van der Waals surface area contributed by atoms with E-state index in [0.717, 1.165) is 0 Å². The summed E-state index contributed by atoms with van der Waals surface area (Å²) in [6, 6.07) is 7.48. The maximum atomic E-state index is 13.0. The van der Waals surface area contributed by atoms with Crippen LogP contribution < -0.4 is 5.32 Å². The first-order valence-electron chi connectivity index (χ1n) is 5.20. The zero-order valence-corrected chi connectivity index (χ0v) is 10.2. The molecule has 0 unspecified atom stereocenters. The summed E-state index contributed by atoms with van der Waals surface area (Å²) < 4.78 is 13.0. The van der Waals surface area contributed by atoms with Crippen LogP contribution in [0.4, 0.5) is 4.39 Å². The minimum Gasteiger partial charge on any atom is -0.346 e. The second-order valence-corrected chi connectivity index (χ2v) is 4.05. The van der Waals surface area contributed by atoms with E-state index in [2.05, 4.69) is 28.1 Å². The van der Waals surface area contributed by atoms with E-state index in [1.54, 1.807) is 18.3 Å². The van der Waals surface area contributed by atoms with Crippen LogP contribution in [0.25, 0.3) is 0 Å². The maximum absolute atomic E-state index is 13.0.